The van der Waals surface area contributed by atoms with Gasteiger partial charge in [-0.3, -0.25) is 9.59 Å². The number of carboxylic acids is 1. The highest BCUT2D eigenvalue weighted by Crippen LogP contribution is 2.32. The van der Waals surface area contributed by atoms with Crippen molar-refractivity contribution in [1.82, 2.24) is 5.32 Å². The van der Waals surface area contributed by atoms with Gasteiger partial charge < -0.3 is 19.9 Å². The molecule has 1 amide bonds. The van der Waals surface area contributed by atoms with E-state index in [1.807, 2.05) is 13.8 Å². The Morgan fingerprint density at radius 1 is 1.29 bits per heavy atom. The number of rotatable bonds is 6. The summed E-state index contributed by atoms with van der Waals surface area (Å²) in [5, 5.41) is 11.8. The first-order chi connectivity index (χ1) is 9.97. The van der Waals surface area contributed by atoms with Crippen molar-refractivity contribution in [3.05, 3.63) is 23.8 Å². The van der Waals surface area contributed by atoms with Crippen molar-refractivity contribution < 1.29 is 24.2 Å². The highest BCUT2D eigenvalue weighted by atomic mass is 16.7. The Hall–Kier alpha value is -2.24. The Morgan fingerprint density at radius 2 is 2.00 bits per heavy atom. The number of carbonyl (C=O) groups excluding carboxylic acids is 1. The standard InChI is InChI=1S/C15H19NO5/c1-9(2)5-11(15(18)19)7-16-14(17)10-3-4-12-13(6-10)21-8-20-12/h3-4,6,9,11H,5,7-8H2,1-2H3,(H,16,17)(H,18,19). The van der Waals surface area contributed by atoms with E-state index in [4.69, 9.17) is 14.6 Å². The zero-order valence-electron chi connectivity index (χ0n) is 12.1. The Labute approximate surface area is 123 Å². The van der Waals surface area contributed by atoms with E-state index in [1.54, 1.807) is 18.2 Å². The fourth-order valence-corrected chi connectivity index (χ4v) is 2.20. The minimum Gasteiger partial charge on any atom is -0.481 e. The predicted molar refractivity (Wildman–Crippen MR) is 75.5 cm³/mol. The molecule has 0 saturated heterocycles. The molecule has 1 heterocycles. The summed E-state index contributed by atoms with van der Waals surface area (Å²) in [7, 11) is 0. The number of carboxylic acid groups (broad SMARTS) is 1. The summed E-state index contributed by atoms with van der Waals surface area (Å²) in [6.45, 7) is 4.17. The lowest BCUT2D eigenvalue weighted by Gasteiger charge is -2.15. The average molecular weight is 293 g/mol. The lowest BCUT2D eigenvalue weighted by Crippen LogP contribution is -2.33. The topological polar surface area (TPSA) is 84.9 Å². The normalized spacial score (nSPS) is 14.0. The summed E-state index contributed by atoms with van der Waals surface area (Å²) in [5.74, 6) is -0.399. The quantitative estimate of drug-likeness (QED) is 0.836. The van der Waals surface area contributed by atoms with Crippen LogP contribution in [-0.4, -0.2) is 30.3 Å². The van der Waals surface area contributed by atoms with Crippen LogP contribution in [0, 0.1) is 11.8 Å². The molecule has 1 aliphatic rings. The zero-order valence-corrected chi connectivity index (χ0v) is 12.1. The van der Waals surface area contributed by atoms with Crippen LogP contribution in [0.4, 0.5) is 0 Å². The molecular weight excluding hydrogens is 274 g/mol. The summed E-state index contributed by atoms with van der Waals surface area (Å²) >= 11 is 0. The molecule has 0 radical (unpaired) electrons. The number of hydrogen-bond acceptors (Lipinski definition) is 4. The summed E-state index contributed by atoms with van der Waals surface area (Å²) in [4.78, 5) is 23.2. The third-order valence-electron chi connectivity index (χ3n) is 3.25. The van der Waals surface area contributed by atoms with E-state index in [0.29, 0.717) is 23.5 Å². The minimum atomic E-state index is -0.894. The Morgan fingerprint density at radius 3 is 2.67 bits per heavy atom. The number of aliphatic carboxylic acids is 1. The van der Waals surface area contributed by atoms with Gasteiger partial charge in [-0.05, 0) is 30.5 Å². The van der Waals surface area contributed by atoms with Crippen LogP contribution >= 0.6 is 0 Å². The van der Waals surface area contributed by atoms with E-state index in [2.05, 4.69) is 5.32 Å². The van der Waals surface area contributed by atoms with Gasteiger partial charge in [0, 0.05) is 12.1 Å². The Bertz CT molecular complexity index is 541. The van der Waals surface area contributed by atoms with Crippen molar-refractivity contribution in [2.24, 2.45) is 11.8 Å². The van der Waals surface area contributed by atoms with Gasteiger partial charge in [-0.2, -0.15) is 0 Å². The SMILES string of the molecule is CC(C)CC(CNC(=O)c1ccc2c(c1)OCO2)C(=O)O. The molecule has 21 heavy (non-hydrogen) atoms. The molecular formula is C15H19NO5. The third-order valence-corrected chi connectivity index (χ3v) is 3.25. The first-order valence-corrected chi connectivity index (χ1v) is 6.88. The number of benzene rings is 1. The molecule has 1 aliphatic heterocycles. The van der Waals surface area contributed by atoms with Crippen LogP contribution < -0.4 is 14.8 Å². The lowest BCUT2D eigenvalue weighted by molar-refractivity contribution is -0.142. The first kappa shape index (κ1) is 15.2. The van der Waals surface area contributed by atoms with Gasteiger partial charge in [0.25, 0.3) is 5.91 Å². The predicted octanol–water partition coefficient (Wildman–Crippen LogP) is 1.89. The number of carbonyl (C=O) groups is 2. The molecule has 6 heteroatoms. The largest absolute Gasteiger partial charge is 0.481 e. The second-order valence-corrected chi connectivity index (χ2v) is 5.44. The molecule has 0 aliphatic carbocycles. The summed E-state index contributed by atoms with van der Waals surface area (Å²) < 4.78 is 10.4. The van der Waals surface area contributed by atoms with Crippen molar-refractivity contribution in [2.45, 2.75) is 20.3 Å². The number of ether oxygens (including phenoxy) is 2. The van der Waals surface area contributed by atoms with Gasteiger partial charge in [0.1, 0.15) is 0 Å². The zero-order chi connectivity index (χ0) is 15.4. The van der Waals surface area contributed by atoms with Crippen LogP contribution in [0.1, 0.15) is 30.6 Å². The maximum atomic E-state index is 12.1. The number of fused-ring (bicyclic) bond motifs is 1. The number of amides is 1. The molecule has 0 fully saturated rings. The number of nitrogens with one attached hydrogen (secondary N) is 1. The fraction of sp³-hybridized carbons (Fsp3) is 0.467. The van der Waals surface area contributed by atoms with Crippen molar-refractivity contribution in [2.75, 3.05) is 13.3 Å². The minimum absolute atomic E-state index is 0.112. The lowest BCUT2D eigenvalue weighted by atomic mass is 9.97. The van der Waals surface area contributed by atoms with E-state index in [9.17, 15) is 9.59 Å². The van der Waals surface area contributed by atoms with Gasteiger partial charge in [0.05, 0.1) is 5.92 Å². The van der Waals surface area contributed by atoms with Crippen LogP contribution in [0.15, 0.2) is 18.2 Å². The van der Waals surface area contributed by atoms with Crippen LogP contribution in [0.2, 0.25) is 0 Å². The van der Waals surface area contributed by atoms with Crippen molar-refractivity contribution in [1.29, 1.82) is 0 Å². The summed E-state index contributed by atoms with van der Waals surface area (Å²) in [5.41, 5.74) is 0.424. The molecule has 1 aromatic rings. The second kappa shape index (κ2) is 6.47. The van der Waals surface area contributed by atoms with E-state index < -0.39 is 11.9 Å². The van der Waals surface area contributed by atoms with Crippen molar-refractivity contribution in [3.8, 4) is 11.5 Å². The van der Waals surface area contributed by atoms with Crippen molar-refractivity contribution >= 4 is 11.9 Å². The molecule has 1 atom stereocenters. The van der Waals surface area contributed by atoms with E-state index in [0.717, 1.165) is 0 Å². The maximum absolute atomic E-state index is 12.1. The van der Waals surface area contributed by atoms with Gasteiger partial charge >= 0.3 is 5.97 Å². The Kier molecular flexibility index (Phi) is 4.67. The van der Waals surface area contributed by atoms with Crippen LogP contribution in [0.3, 0.4) is 0 Å². The number of hydrogen-bond donors (Lipinski definition) is 2. The molecule has 2 N–H and O–H groups in total. The van der Waals surface area contributed by atoms with E-state index >= 15 is 0 Å². The van der Waals surface area contributed by atoms with E-state index in [-0.39, 0.29) is 25.2 Å². The molecule has 1 aromatic carbocycles. The van der Waals surface area contributed by atoms with Gasteiger partial charge in [-0.1, -0.05) is 13.8 Å². The molecule has 114 valence electrons. The van der Waals surface area contributed by atoms with Crippen LogP contribution in [-0.2, 0) is 4.79 Å². The molecule has 0 aromatic heterocycles. The van der Waals surface area contributed by atoms with Crippen LogP contribution in [0.5, 0.6) is 11.5 Å². The second-order valence-electron chi connectivity index (χ2n) is 5.44. The summed E-state index contributed by atoms with van der Waals surface area (Å²) in [6.07, 6.45) is 0.525. The molecule has 0 bridgehead atoms. The van der Waals surface area contributed by atoms with Gasteiger partial charge in [-0.25, -0.2) is 0 Å². The van der Waals surface area contributed by atoms with Crippen molar-refractivity contribution in [3.63, 3.8) is 0 Å². The monoisotopic (exact) mass is 293 g/mol. The van der Waals surface area contributed by atoms with Gasteiger partial charge in [0.2, 0.25) is 6.79 Å². The highest BCUT2D eigenvalue weighted by molar-refractivity contribution is 5.95. The molecule has 0 spiro atoms. The van der Waals surface area contributed by atoms with Gasteiger partial charge in [-0.15, -0.1) is 0 Å². The van der Waals surface area contributed by atoms with Crippen LogP contribution in [0.25, 0.3) is 0 Å². The third kappa shape index (κ3) is 3.87. The Balaban J connectivity index is 1.96. The highest BCUT2D eigenvalue weighted by Gasteiger charge is 2.21. The van der Waals surface area contributed by atoms with Gasteiger partial charge in [0.15, 0.2) is 11.5 Å². The smallest absolute Gasteiger partial charge is 0.308 e. The molecule has 0 saturated carbocycles. The molecule has 6 nitrogen and oxygen atoms in total. The average Bonchev–Trinajstić information content (AvgIpc) is 2.89. The molecule has 1 unspecified atom stereocenters. The molecule has 2 rings (SSSR count). The maximum Gasteiger partial charge on any atom is 0.308 e. The van der Waals surface area contributed by atoms with E-state index in [1.165, 1.54) is 0 Å². The fourth-order valence-electron chi connectivity index (χ4n) is 2.20. The first-order valence-electron chi connectivity index (χ1n) is 6.88. The summed E-state index contributed by atoms with van der Waals surface area (Å²) in [6, 6.07) is 4.89.